The van der Waals surface area contributed by atoms with Crippen molar-refractivity contribution in [3.05, 3.63) is 49.1 Å². The highest BCUT2D eigenvalue weighted by Crippen LogP contribution is 2.61. The maximum Gasteiger partial charge on any atom is 0.481 e. The van der Waals surface area contributed by atoms with Crippen molar-refractivity contribution in [1.29, 1.82) is 0 Å². The first-order chi connectivity index (χ1) is 31.6. The lowest BCUT2D eigenvalue weighted by Crippen LogP contribution is -2.46. The minimum absolute atomic E-state index is 0.0286. The van der Waals surface area contributed by atoms with Crippen molar-refractivity contribution in [1.82, 2.24) is 30.2 Å². The number of carbonyl (C=O) groups excluding carboxylic acids is 3. The molecule has 3 heterocycles. The van der Waals surface area contributed by atoms with E-state index in [1.807, 2.05) is 0 Å². The first kappa shape index (κ1) is 58.1. The summed E-state index contributed by atoms with van der Waals surface area (Å²) in [5.41, 5.74) is 4.28. The Bertz CT molecular complexity index is 2140. The normalized spacial score (nSPS) is 20.4. The number of nitrogens with one attached hydrogen (secondary N) is 2. The van der Waals surface area contributed by atoms with E-state index in [2.05, 4.69) is 77.8 Å². The molecule has 378 valence electrons. The SMILES string of the molecule is CCCCCC=CCC=CCC=CCCCCC(=O)SCCNC(=O)CCNC(=O)[C@H](O)C(C)(C)COP(=O)(O)OP(=O)(O)OC[C@H]1O[C@@H](n2cnc3c(N)ncnc32)[C@H](O)[C@@H]1OP(=O)(O)O. The Hall–Kier alpha value is -3.22. The Morgan fingerprint density at radius 1 is 0.910 bits per heavy atom. The zero-order valence-electron chi connectivity index (χ0n) is 37.6. The van der Waals surface area contributed by atoms with Crippen LogP contribution in [0.5, 0.6) is 0 Å². The number of aliphatic hydroxyl groups is 2. The number of thioether (sulfide) groups is 1. The van der Waals surface area contributed by atoms with E-state index in [1.54, 1.807) is 0 Å². The van der Waals surface area contributed by atoms with Crippen LogP contribution in [0.25, 0.3) is 11.2 Å². The summed E-state index contributed by atoms with van der Waals surface area (Å²) in [6, 6.07) is 0. The third-order valence-electron chi connectivity index (χ3n) is 9.79. The number of aliphatic hydroxyl groups excluding tert-OH is 2. The number of imidazole rings is 1. The molecule has 2 aromatic heterocycles. The quantitative estimate of drug-likeness (QED) is 0.0281. The lowest BCUT2D eigenvalue weighted by atomic mass is 9.87. The van der Waals surface area contributed by atoms with E-state index in [1.165, 1.54) is 33.1 Å². The fraction of sp³-hybridized carbons (Fsp3) is 0.641. The molecule has 0 radical (unpaired) electrons. The summed E-state index contributed by atoms with van der Waals surface area (Å²) in [6.45, 7) is 2.72. The van der Waals surface area contributed by atoms with Gasteiger partial charge in [-0.3, -0.25) is 32.5 Å². The van der Waals surface area contributed by atoms with Crippen LogP contribution in [0.4, 0.5) is 5.82 Å². The number of hydrogen-bond donors (Lipinski definition) is 9. The van der Waals surface area contributed by atoms with Crippen LogP contribution in [0.2, 0.25) is 0 Å². The van der Waals surface area contributed by atoms with Crippen LogP contribution in [-0.4, -0.2) is 123 Å². The van der Waals surface area contributed by atoms with E-state index in [0.717, 1.165) is 67.5 Å². The van der Waals surface area contributed by atoms with E-state index < -0.39 is 84.6 Å². The molecule has 3 rings (SSSR count). The van der Waals surface area contributed by atoms with Gasteiger partial charge in [0.15, 0.2) is 22.8 Å². The van der Waals surface area contributed by atoms with Crippen molar-refractivity contribution in [3.63, 3.8) is 0 Å². The highest BCUT2D eigenvalue weighted by Gasteiger charge is 2.50. The van der Waals surface area contributed by atoms with Gasteiger partial charge >= 0.3 is 23.5 Å². The number of phosphoric ester groups is 3. The zero-order chi connectivity index (χ0) is 49.7. The number of hydrogen-bond acceptors (Lipinski definition) is 18. The first-order valence-corrected chi connectivity index (χ1v) is 27.1. The molecule has 1 fully saturated rings. The van der Waals surface area contributed by atoms with Crippen molar-refractivity contribution in [2.24, 2.45) is 5.41 Å². The highest BCUT2D eigenvalue weighted by molar-refractivity contribution is 8.13. The lowest BCUT2D eigenvalue weighted by molar-refractivity contribution is -0.137. The van der Waals surface area contributed by atoms with Gasteiger partial charge in [0.1, 0.15) is 36.3 Å². The molecule has 0 saturated carbocycles. The zero-order valence-corrected chi connectivity index (χ0v) is 41.1. The van der Waals surface area contributed by atoms with Crippen LogP contribution in [0.1, 0.15) is 97.6 Å². The maximum atomic E-state index is 12.7. The average Bonchev–Trinajstić information content (AvgIpc) is 3.81. The molecule has 0 aromatic carbocycles. The molecule has 1 saturated heterocycles. The van der Waals surface area contributed by atoms with Gasteiger partial charge in [-0.05, 0) is 44.9 Å². The molecule has 28 heteroatoms. The van der Waals surface area contributed by atoms with Gasteiger partial charge in [-0.1, -0.05) is 81.8 Å². The Morgan fingerprint density at radius 3 is 2.21 bits per heavy atom. The number of fused-ring (bicyclic) bond motifs is 1. The summed E-state index contributed by atoms with van der Waals surface area (Å²) in [5, 5.41) is 26.6. The number of phosphoric acid groups is 3. The van der Waals surface area contributed by atoms with Crippen molar-refractivity contribution in [2.75, 3.05) is 37.8 Å². The minimum atomic E-state index is -5.58. The predicted octanol–water partition coefficient (Wildman–Crippen LogP) is 4.25. The molecular formula is C39H64N7O17P3S. The number of nitrogens with two attached hydrogens (primary N) is 1. The number of unbranched alkanes of at least 4 members (excludes halogenated alkanes) is 5. The highest BCUT2D eigenvalue weighted by atomic mass is 32.2. The first-order valence-electron chi connectivity index (χ1n) is 21.6. The van der Waals surface area contributed by atoms with E-state index in [-0.39, 0.29) is 41.6 Å². The maximum absolute atomic E-state index is 12.7. The summed E-state index contributed by atoms with van der Waals surface area (Å²) in [5.74, 6) is -1.07. The molecular weight excluding hydrogens is 963 g/mol. The number of rotatable bonds is 32. The molecule has 0 aliphatic carbocycles. The molecule has 7 atom stereocenters. The van der Waals surface area contributed by atoms with E-state index >= 15 is 0 Å². The number of nitrogens with zero attached hydrogens (tertiary/aromatic N) is 4. The van der Waals surface area contributed by atoms with Crippen LogP contribution in [0.15, 0.2) is 49.1 Å². The van der Waals surface area contributed by atoms with Crippen molar-refractivity contribution >= 4 is 69.1 Å². The van der Waals surface area contributed by atoms with Crippen LogP contribution in [0.3, 0.4) is 0 Å². The van der Waals surface area contributed by atoms with Gasteiger partial charge in [-0.2, -0.15) is 4.31 Å². The van der Waals surface area contributed by atoms with Crippen LogP contribution >= 0.6 is 35.2 Å². The summed E-state index contributed by atoms with van der Waals surface area (Å²) < 4.78 is 62.4. The number of ether oxygens (including phenoxy) is 1. The molecule has 2 aromatic rings. The molecule has 0 spiro atoms. The lowest BCUT2D eigenvalue weighted by Gasteiger charge is -2.30. The number of carbonyl (C=O) groups is 3. The summed E-state index contributed by atoms with van der Waals surface area (Å²) in [7, 11) is -16.4. The predicted molar refractivity (Wildman–Crippen MR) is 246 cm³/mol. The number of nitrogen functional groups attached to an aromatic ring is 1. The summed E-state index contributed by atoms with van der Waals surface area (Å²) in [6.07, 6.45) is 15.7. The van der Waals surface area contributed by atoms with Gasteiger partial charge in [0.25, 0.3) is 0 Å². The standard InChI is InChI=1S/C39H64N7O17P3S/c1-4-5-6-7-8-9-10-11-12-13-14-15-16-17-18-19-30(48)67-23-22-41-29(47)20-21-42-37(51)34(50)39(2,3)25-60-66(57,58)63-65(55,56)59-24-28-33(62-64(52,53)54)32(49)38(61-28)46-27-45-31-35(40)43-26-44-36(31)46/h8-9,11-12,14-15,26-28,32-34,38,49-50H,4-7,10,13,16-25H2,1-3H3,(H,41,47)(H,42,51)(H,55,56)(H,57,58)(H2,40,43,44)(H2,52,53,54)/t28-,32-,33-,34+,38-/m1/s1. The molecule has 67 heavy (non-hydrogen) atoms. The number of anilines is 1. The van der Waals surface area contributed by atoms with Gasteiger partial charge in [-0.15, -0.1) is 0 Å². The average molecular weight is 1030 g/mol. The molecule has 1 aliphatic heterocycles. The van der Waals surface area contributed by atoms with E-state index in [9.17, 15) is 57.9 Å². The fourth-order valence-electron chi connectivity index (χ4n) is 6.19. The van der Waals surface area contributed by atoms with Crippen LogP contribution in [-0.2, 0) is 50.7 Å². The monoisotopic (exact) mass is 1030 g/mol. The van der Waals surface area contributed by atoms with Crippen molar-refractivity contribution in [3.8, 4) is 0 Å². The molecule has 2 unspecified atom stereocenters. The van der Waals surface area contributed by atoms with Gasteiger partial charge in [-0.25, -0.2) is 28.6 Å². The van der Waals surface area contributed by atoms with E-state index in [4.69, 9.17) is 19.5 Å². The Morgan fingerprint density at radius 2 is 1.55 bits per heavy atom. The topological polar surface area (TPSA) is 364 Å². The molecule has 0 bridgehead atoms. The number of amides is 2. The number of allylic oxidation sites excluding steroid dienone is 6. The van der Waals surface area contributed by atoms with Crippen LogP contribution in [0, 0.1) is 5.41 Å². The van der Waals surface area contributed by atoms with Crippen LogP contribution < -0.4 is 16.4 Å². The smallest absolute Gasteiger partial charge is 0.386 e. The summed E-state index contributed by atoms with van der Waals surface area (Å²) >= 11 is 1.12. The molecule has 1 aliphatic rings. The number of aromatic nitrogens is 4. The van der Waals surface area contributed by atoms with E-state index in [0.29, 0.717) is 12.2 Å². The molecule has 2 amide bonds. The molecule has 24 nitrogen and oxygen atoms in total. The van der Waals surface area contributed by atoms with Gasteiger partial charge < -0.3 is 50.9 Å². The Balaban J connectivity index is 1.32. The Labute approximate surface area is 393 Å². The second-order valence-corrected chi connectivity index (χ2v) is 21.3. The molecule has 10 N–H and O–H groups in total. The summed E-state index contributed by atoms with van der Waals surface area (Å²) in [4.78, 5) is 88.3. The largest absolute Gasteiger partial charge is 0.481 e. The second kappa shape index (κ2) is 28.4. The van der Waals surface area contributed by atoms with Crippen molar-refractivity contribution < 1.29 is 80.5 Å². The minimum Gasteiger partial charge on any atom is -0.386 e. The third kappa shape index (κ3) is 21.5. The van der Waals surface area contributed by atoms with Gasteiger partial charge in [0.05, 0.1) is 19.5 Å². The van der Waals surface area contributed by atoms with Gasteiger partial charge in [0, 0.05) is 37.1 Å². The van der Waals surface area contributed by atoms with Crippen molar-refractivity contribution in [2.45, 2.75) is 122 Å². The van der Waals surface area contributed by atoms with Gasteiger partial charge in [0.2, 0.25) is 11.8 Å². The third-order valence-corrected chi connectivity index (χ3v) is 13.8. The Kier molecular flexibility index (Phi) is 24.7. The second-order valence-electron chi connectivity index (χ2n) is 15.9. The fourth-order valence-corrected chi connectivity index (χ4v) is 9.74.